The molecular weight excluding hydrogens is 486 g/mol. The van der Waals surface area contributed by atoms with E-state index in [0.717, 1.165) is 22.0 Å². The molecule has 4 rings (SSSR count). The topological polar surface area (TPSA) is 98.6 Å². The van der Waals surface area contributed by atoms with Gasteiger partial charge >= 0.3 is 11.4 Å². The maximum absolute atomic E-state index is 13.8. The number of nitrogens with zero attached hydrogens (tertiary/aromatic N) is 3. The number of para-hydroxylation sites is 1. The van der Waals surface area contributed by atoms with Crippen molar-refractivity contribution in [1.29, 1.82) is 0 Å². The summed E-state index contributed by atoms with van der Waals surface area (Å²) in [6.45, 7) is 5.59. The van der Waals surface area contributed by atoms with Gasteiger partial charge in [-0.1, -0.05) is 38.1 Å². The summed E-state index contributed by atoms with van der Waals surface area (Å²) in [6, 6.07) is 13.0. The molecule has 0 fully saturated rings. The third-order valence-electron chi connectivity index (χ3n) is 6.57. The van der Waals surface area contributed by atoms with Crippen LogP contribution in [0.15, 0.2) is 53.5 Å². The first-order valence-corrected chi connectivity index (χ1v) is 12.4. The summed E-state index contributed by atoms with van der Waals surface area (Å²) in [5.41, 5.74) is 2.50. The molecule has 2 aromatic carbocycles. The third-order valence-corrected chi connectivity index (χ3v) is 6.57. The van der Waals surface area contributed by atoms with Gasteiger partial charge in [0.05, 0.1) is 33.4 Å². The van der Waals surface area contributed by atoms with Crippen molar-refractivity contribution in [3.63, 3.8) is 0 Å². The van der Waals surface area contributed by atoms with E-state index < -0.39 is 0 Å². The first-order valence-electron chi connectivity index (χ1n) is 12.4. The largest absolute Gasteiger partial charge is 0.616 e. The van der Waals surface area contributed by atoms with Crippen LogP contribution in [0.5, 0.6) is 17.4 Å². The molecule has 0 N–H and O–H groups in total. The van der Waals surface area contributed by atoms with Gasteiger partial charge < -0.3 is 19.4 Å². The van der Waals surface area contributed by atoms with Crippen LogP contribution in [0.25, 0.3) is 10.9 Å². The maximum Gasteiger partial charge on any atom is 0.400 e. The number of hydrogen-bond acceptors (Lipinski definition) is 6. The molecule has 0 aliphatic heterocycles. The first-order chi connectivity index (χ1) is 18.2. The summed E-state index contributed by atoms with van der Waals surface area (Å²) in [5.74, 6) is 1.12. The summed E-state index contributed by atoms with van der Waals surface area (Å²) >= 11 is 0. The minimum atomic E-state index is -0.380. The molecule has 2 heterocycles. The molecule has 0 amide bonds. The molecule has 0 bridgehead atoms. The van der Waals surface area contributed by atoms with Gasteiger partial charge in [-0.3, -0.25) is 18.7 Å². The fourth-order valence-electron chi connectivity index (χ4n) is 4.81. The van der Waals surface area contributed by atoms with Gasteiger partial charge in [-0.05, 0) is 35.2 Å². The Kier molecular flexibility index (Phi) is 7.75. The SMILES string of the molecule is COc1ccc(Cn2c(Cc3cn(C(C)=O)c4ccccc34)c(OC)[n+]([O-])c(CC(C)C)c2=O)cc1OC. The Morgan fingerprint density at radius 1 is 1.03 bits per heavy atom. The number of benzene rings is 2. The second-order valence-corrected chi connectivity index (χ2v) is 9.61. The fraction of sp³-hybridized carbons (Fsp3) is 0.345. The van der Waals surface area contributed by atoms with E-state index in [2.05, 4.69) is 0 Å². The van der Waals surface area contributed by atoms with Crippen LogP contribution in [0, 0.1) is 11.1 Å². The quantitative estimate of drug-likeness (QED) is 0.245. The van der Waals surface area contributed by atoms with Crippen molar-refractivity contribution in [1.82, 2.24) is 9.13 Å². The van der Waals surface area contributed by atoms with Gasteiger partial charge in [0.25, 0.3) is 5.69 Å². The van der Waals surface area contributed by atoms with Crippen LogP contribution in [0.4, 0.5) is 0 Å². The molecule has 0 aliphatic carbocycles. The van der Waals surface area contributed by atoms with Crippen molar-refractivity contribution in [2.45, 2.75) is 40.2 Å². The van der Waals surface area contributed by atoms with E-state index in [1.54, 1.807) is 35.6 Å². The molecule has 0 saturated heterocycles. The molecule has 4 aromatic rings. The van der Waals surface area contributed by atoms with Crippen molar-refractivity contribution in [3.05, 3.63) is 86.7 Å². The van der Waals surface area contributed by atoms with Gasteiger partial charge in [0, 0.05) is 31.3 Å². The summed E-state index contributed by atoms with van der Waals surface area (Å²) in [4.78, 5) is 26.2. The third kappa shape index (κ3) is 4.96. The molecule has 200 valence electrons. The average molecular weight is 520 g/mol. The number of rotatable bonds is 9. The van der Waals surface area contributed by atoms with Gasteiger partial charge in [-0.25, -0.2) is 0 Å². The summed E-state index contributed by atoms with van der Waals surface area (Å²) < 4.78 is 20.2. The van der Waals surface area contributed by atoms with Gasteiger partial charge in [-0.2, -0.15) is 0 Å². The molecule has 0 spiro atoms. The molecule has 0 radical (unpaired) electrons. The number of methoxy groups -OCH3 is 3. The Morgan fingerprint density at radius 3 is 2.37 bits per heavy atom. The lowest BCUT2D eigenvalue weighted by molar-refractivity contribution is -0.623. The van der Waals surface area contributed by atoms with Crippen LogP contribution in [0.3, 0.4) is 0 Å². The van der Waals surface area contributed by atoms with Crippen LogP contribution < -0.4 is 24.5 Å². The van der Waals surface area contributed by atoms with Crippen molar-refractivity contribution < 1.29 is 23.7 Å². The minimum Gasteiger partial charge on any atom is -0.616 e. The van der Waals surface area contributed by atoms with Crippen LogP contribution >= 0.6 is 0 Å². The van der Waals surface area contributed by atoms with E-state index >= 15 is 0 Å². The lowest BCUT2D eigenvalue weighted by Crippen LogP contribution is -2.46. The molecule has 0 unspecified atom stereocenters. The van der Waals surface area contributed by atoms with Crippen molar-refractivity contribution in [3.8, 4) is 17.4 Å². The molecule has 0 aliphatic rings. The number of aromatic nitrogens is 3. The zero-order valence-electron chi connectivity index (χ0n) is 22.6. The van der Waals surface area contributed by atoms with Crippen LogP contribution in [-0.2, 0) is 19.4 Å². The maximum atomic E-state index is 13.8. The van der Waals surface area contributed by atoms with E-state index in [1.165, 1.54) is 14.0 Å². The van der Waals surface area contributed by atoms with Crippen LogP contribution in [-0.4, -0.2) is 36.4 Å². The highest BCUT2D eigenvalue weighted by Gasteiger charge is 2.29. The Labute approximate surface area is 221 Å². The lowest BCUT2D eigenvalue weighted by Gasteiger charge is -2.19. The standard InChI is InChI=1S/C29H33N3O6/c1-18(2)13-24-28(34)31(16-20-11-12-26(36-4)27(14-20)37-5)25(29(38-6)32(24)35)15-21-17-30(19(3)33)23-10-8-7-9-22(21)23/h7-12,14,17-18H,13,15-16H2,1-6H3. The second-order valence-electron chi connectivity index (χ2n) is 9.61. The minimum absolute atomic E-state index is 0.0559. The summed E-state index contributed by atoms with van der Waals surface area (Å²) in [7, 11) is 4.54. The average Bonchev–Trinajstić information content (AvgIpc) is 3.27. The van der Waals surface area contributed by atoms with E-state index in [4.69, 9.17) is 14.2 Å². The predicted octanol–water partition coefficient (Wildman–Crippen LogP) is 3.96. The Hall–Kier alpha value is -4.27. The summed E-state index contributed by atoms with van der Waals surface area (Å²) in [5, 5.41) is 14.3. The van der Waals surface area contributed by atoms with Crippen LogP contribution in [0.1, 0.15) is 48.1 Å². The van der Waals surface area contributed by atoms with Gasteiger partial charge in [0.2, 0.25) is 5.91 Å². The number of carbonyl (C=O) groups is 1. The first kappa shape index (κ1) is 26.8. The van der Waals surface area contributed by atoms with Gasteiger partial charge in [-0.15, -0.1) is 4.73 Å². The molecule has 0 saturated carbocycles. The van der Waals surface area contributed by atoms with E-state index in [1.807, 2.05) is 50.2 Å². The van der Waals surface area contributed by atoms with Gasteiger partial charge in [0.15, 0.2) is 11.5 Å². The number of fused-ring (bicyclic) bond motifs is 1. The smallest absolute Gasteiger partial charge is 0.400 e. The molecule has 38 heavy (non-hydrogen) atoms. The fourth-order valence-corrected chi connectivity index (χ4v) is 4.81. The summed E-state index contributed by atoms with van der Waals surface area (Å²) in [6.07, 6.45) is 2.26. The molecule has 9 heteroatoms. The zero-order chi connectivity index (χ0) is 27.6. The molecule has 2 aromatic heterocycles. The highest BCUT2D eigenvalue weighted by molar-refractivity contribution is 5.93. The second kappa shape index (κ2) is 11.0. The van der Waals surface area contributed by atoms with Crippen LogP contribution in [0.2, 0.25) is 0 Å². The Morgan fingerprint density at radius 2 is 1.74 bits per heavy atom. The lowest BCUT2D eigenvalue weighted by atomic mass is 10.1. The molecule has 9 nitrogen and oxygen atoms in total. The molecule has 0 atom stereocenters. The van der Waals surface area contributed by atoms with Gasteiger partial charge in [0.1, 0.15) is 5.69 Å². The number of hydrogen-bond donors (Lipinski definition) is 0. The number of carbonyl (C=O) groups excluding carboxylic acids is 1. The van der Waals surface area contributed by atoms with E-state index in [-0.39, 0.29) is 41.9 Å². The van der Waals surface area contributed by atoms with Crippen molar-refractivity contribution >= 4 is 16.8 Å². The monoisotopic (exact) mass is 519 g/mol. The number of ether oxygens (including phenoxy) is 3. The highest BCUT2D eigenvalue weighted by Crippen LogP contribution is 2.29. The van der Waals surface area contributed by atoms with Crippen molar-refractivity contribution in [2.75, 3.05) is 21.3 Å². The van der Waals surface area contributed by atoms with Crippen molar-refractivity contribution in [2.24, 2.45) is 5.92 Å². The highest BCUT2D eigenvalue weighted by atomic mass is 16.5. The predicted molar refractivity (Wildman–Crippen MR) is 144 cm³/mol. The van der Waals surface area contributed by atoms with E-state index in [0.29, 0.717) is 28.3 Å². The van der Waals surface area contributed by atoms with E-state index in [9.17, 15) is 14.8 Å². The normalized spacial score (nSPS) is 11.2. The Bertz CT molecular complexity index is 1550. The zero-order valence-corrected chi connectivity index (χ0v) is 22.6. The molecular formula is C29H33N3O6. The Balaban J connectivity index is 1.95.